The minimum Gasteiger partial charge on any atom is -0.329 e. The molecule has 0 heterocycles. The van der Waals surface area contributed by atoms with Crippen LogP contribution in [0.4, 0.5) is 0 Å². The molecule has 0 bridgehead atoms. The Morgan fingerprint density at radius 3 is 2.05 bits per heavy atom. The summed E-state index contributed by atoms with van der Waals surface area (Å²) >= 11 is 0. The third-order valence-electron chi connectivity index (χ3n) is 6.20. The minimum absolute atomic E-state index is 0.285. The molecule has 0 amide bonds. The second-order valence-corrected chi connectivity index (χ2v) is 7.56. The van der Waals surface area contributed by atoms with Crippen LogP contribution in [0.5, 0.6) is 0 Å². The van der Waals surface area contributed by atoms with E-state index in [-0.39, 0.29) is 5.54 Å². The van der Waals surface area contributed by atoms with E-state index in [1.165, 1.54) is 64.3 Å². The van der Waals surface area contributed by atoms with Crippen LogP contribution in [0.25, 0.3) is 0 Å². The lowest BCUT2D eigenvalue weighted by Gasteiger charge is -2.41. The Hall–Kier alpha value is -0.0800. The molecule has 110 valence electrons. The molecule has 0 radical (unpaired) electrons. The van der Waals surface area contributed by atoms with Gasteiger partial charge in [0.25, 0.3) is 0 Å². The van der Waals surface area contributed by atoms with E-state index in [4.69, 9.17) is 5.73 Å². The van der Waals surface area contributed by atoms with Crippen molar-refractivity contribution in [1.29, 1.82) is 0 Å². The van der Waals surface area contributed by atoms with Crippen molar-refractivity contribution in [2.45, 2.75) is 70.3 Å². The summed E-state index contributed by atoms with van der Waals surface area (Å²) in [7, 11) is 0. The molecule has 3 N–H and O–H groups in total. The van der Waals surface area contributed by atoms with Gasteiger partial charge in [-0.15, -0.1) is 0 Å². The first kappa shape index (κ1) is 13.9. The highest BCUT2D eigenvalue weighted by molar-refractivity contribution is 4.98. The van der Waals surface area contributed by atoms with Gasteiger partial charge in [0.2, 0.25) is 0 Å². The summed E-state index contributed by atoms with van der Waals surface area (Å²) in [5.74, 6) is 4.06. The molecule has 19 heavy (non-hydrogen) atoms. The topological polar surface area (TPSA) is 38.0 Å². The maximum atomic E-state index is 6.13. The molecule has 0 aromatic rings. The fourth-order valence-corrected chi connectivity index (χ4v) is 4.19. The summed E-state index contributed by atoms with van der Waals surface area (Å²) in [5.41, 5.74) is 6.42. The molecule has 0 aromatic carbocycles. The van der Waals surface area contributed by atoms with Crippen molar-refractivity contribution >= 4 is 0 Å². The van der Waals surface area contributed by atoms with Crippen molar-refractivity contribution in [2.24, 2.45) is 29.4 Å². The van der Waals surface area contributed by atoms with Crippen LogP contribution in [-0.2, 0) is 0 Å². The molecule has 3 fully saturated rings. The van der Waals surface area contributed by atoms with Crippen LogP contribution < -0.4 is 11.1 Å². The largest absolute Gasteiger partial charge is 0.329 e. The highest BCUT2D eigenvalue weighted by atomic mass is 15.0. The number of nitrogens with two attached hydrogens (primary N) is 1. The normalized spacial score (nSPS) is 35.8. The van der Waals surface area contributed by atoms with Gasteiger partial charge in [-0.2, -0.15) is 0 Å². The predicted molar refractivity (Wildman–Crippen MR) is 81.0 cm³/mol. The summed E-state index contributed by atoms with van der Waals surface area (Å²) < 4.78 is 0. The molecular formula is C17H32N2. The predicted octanol–water partition coefficient (Wildman–Crippen LogP) is 3.31. The first-order chi connectivity index (χ1) is 9.26. The smallest absolute Gasteiger partial charge is 0.0304 e. The molecule has 0 spiro atoms. The zero-order chi connectivity index (χ0) is 13.3. The molecule has 0 atom stereocenters. The number of rotatable bonds is 7. The van der Waals surface area contributed by atoms with Gasteiger partial charge in [0, 0.05) is 12.1 Å². The second-order valence-electron chi connectivity index (χ2n) is 7.56. The molecule has 2 nitrogen and oxygen atoms in total. The molecule has 3 aliphatic carbocycles. The highest BCUT2D eigenvalue weighted by Gasteiger charge is 2.42. The van der Waals surface area contributed by atoms with Gasteiger partial charge in [-0.3, -0.25) is 0 Å². The van der Waals surface area contributed by atoms with E-state index in [2.05, 4.69) is 12.2 Å². The third kappa shape index (κ3) is 3.33. The van der Waals surface area contributed by atoms with Gasteiger partial charge in [0.1, 0.15) is 0 Å². The van der Waals surface area contributed by atoms with Crippen LogP contribution in [-0.4, -0.2) is 18.6 Å². The average molecular weight is 264 g/mol. The fourth-order valence-electron chi connectivity index (χ4n) is 4.19. The summed E-state index contributed by atoms with van der Waals surface area (Å²) in [6.45, 7) is 4.43. The summed E-state index contributed by atoms with van der Waals surface area (Å²) in [5, 5.41) is 3.95. The van der Waals surface area contributed by atoms with E-state index in [0.717, 1.165) is 30.2 Å². The van der Waals surface area contributed by atoms with Gasteiger partial charge in [0.15, 0.2) is 0 Å². The monoisotopic (exact) mass is 264 g/mol. The van der Waals surface area contributed by atoms with Crippen LogP contribution in [0.3, 0.4) is 0 Å². The Morgan fingerprint density at radius 2 is 1.63 bits per heavy atom. The second kappa shape index (κ2) is 5.73. The first-order valence-electron chi connectivity index (χ1n) is 8.71. The van der Waals surface area contributed by atoms with E-state index < -0.39 is 0 Å². The van der Waals surface area contributed by atoms with Crippen molar-refractivity contribution in [3.63, 3.8) is 0 Å². The lowest BCUT2D eigenvalue weighted by Crippen LogP contribution is -2.54. The lowest BCUT2D eigenvalue weighted by atomic mass is 9.75. The Kier molecular flexibility index (Phi) is 4.19. The third-order valence-corrected chi connectivity index (χ3v) is 6.20. The molecule has 2 heteroatoms. The Labute approximate surface area is 118 Å². The van der Waals surface area contributed by atoms with E-state index in [1.54, 1.807) is 0 Å². The summed E-state index contributed by atoms with van der Waals surface area (Å²) in [6, 6.07) is 0. The molecule has 0 saturated heterocycles. The van der Waals surface area contributed by atoms with E-state index in [1.807, 2.05) is 0 Å². The van der Waals surface area contributed by atoms with Crippen molar-refractivity contribution in [1.82, 2.24) is 5.32 Å². The van der Waals surface area contributed by atoms with Crippen molar-refractivity contribution < 1.29 is 0 Å². The van der Waals surface area contributed by atoms with Gasteiger partial charge in [-0.25, -0.2) is 0 Å². The van der Waals surface area contributed by atoms with Crippen molar-refractivity contribution in [3.05, 3.63) is 0 Å². The van der Waals surface area contributed by atoms with Crippen LogP contribution in [0, 0.1) is 23.7 Å². The Bertz CT molecular complexity index is 274. The summed E-state index contributed by atoms with van der Waals surface area (Å²) in [6.07, 6.45) is 12.7. The van der Waals surface area contributed by atoms with Gasteiger partial charge in [-0.1, -0.05) is 13.3 Å². The zero-order valence-corrected chi connectivity index (χ0v) is 12.7. The van der Waals surface area contributed by atoms with Gasteiger partial charge in [-0.05, 0) is 81.6 Å². The van der Waals surface area contributed by atoms with Crippen LogP contribution >= 0.6 is 0 Å². The van der Waals surface area contributed by atoms with Crippen molar-refractivity contribution in [2.75, 3.05) is 13.1 Å². The molecule has 3 aliphatic rings. The van der Waals surface area contributed by atoms with Gasteiger partial charge >= 0.3 is 0 Å². The molecule has 0 aliphatic heterocycles. The van der Waals surface area contributed by atoms with Gasteiger partial charge in [0.05, 0.1) is 0 Å². The standard InChI is InChI=1S/C17H32N2/c1-2-13-7-9-17(12-18,10-8-13)19-11-16(14-3-4-14)15-5-6-15/h13-16,19H,2-12,18H2,1H3. The zero-order valence-electron chi connectivity index (χ0n) is 12.7. The molecule has 3 rings (SSSR count). The molecular weight excluding hydrogens is 232 g/mol. The maximum absolute atomic E-state index is 6.13. The van der Waals surface area contributed by atoms with Crippen molar-refractivity contribution in [3.8, 4) is 0 Å². The van der Waals surface area contributed by atoms with Crippen LogP contribution in [0.1, 0.15) is 64.7 Å². The van der Waals surface area contributed by atoms with E-state index in [0.29, 0.717) is 0 Å². The molecule has 0 unspecified atom stereocenters. The molecule has 0 aromatic heterocycles. The lowest BCUT2D eigenvalue weighted by molar-refractivity contribution is 0.177. The Morgan fingerprint density at radius 1 is 1.05 bits per heavy atom. The summed E-state index contributed by atoms with van der Waals surface area (Å²) in [4.78, 5) is 0. The quantitative estimate of drug-likeness (QED) is 0.740. The maximum Gasteiger partial charge on any atom is 0.0304 e. The highest BCUT2D eigenvalue weighted by Crippen LogP contribution is 2.49. The van der Waals surface area contributed by atoms with Crippen LogP contribution in [0.15, 0.2) is 0 Å². The van der Waals surface area contributed by atoms with E-state index >= 15 is 0 Å². The first-order valence-corrected chi connectivity index (χ1v) is 8.71. The molecule has 3 saturated carbocycles. The minimum atomic E-state index is 0.285. The fraction of sp³-hybridized carbons (Fsp3) is 1.00. The van der Waals surface area contributed by atoms with Gasteiger partial charge < -0.3 is 11.1 Å². The number of nitrogens with one attached hydrogen (secondary N) is 1. The average Bonchev–Trinajstić information content (AvgIpc) is 3.32. The SMILES string of the molecule is CCC1CCC(CN)(NCC(C2CC2)C2CC2)CC1. The number of hydrogen-bond acceptors (Lipinski definition) is 2. The number of hydrogen-bond donors (Lipinski definition) is 2. The van der Waals surface area contributed by atoms with E-state index in [9.17, 15) is 0 Å². The van der Waals surface area contributed by atoms with Crippen LogP contribution in [0.2, 0.25) is 0 Å². The Balaban J connectivity index is 1.51.